The molecule has 0 radical (unpaired) electrons. The summed E-state index contributed by atoms with van der Waals surface area (Å²) in [6.07, 6.45) is 3.62. The lowest BCUT2D eigenvalue weighted by Crippen LogP contribution is -2.31. The Morgan fingerprint density at radius 1 is 0.964 bits per heavy atom. The molecule has 0 atom stereocenters. The predicted octanol–water partition coefficient (Wildman–Crippen LogP) is 4.35. The van der Waals surface area contributed by atoms with Crippen molar-refractivity contribution in [3.05, 3.63) is 95.9 Å². The largest absolute Gasteiger partial charge is 0.302 e. The maximum Gasteiger partial charge on any atom is 0.264 e. The summed E-state index contributed by atoms with van der Waals surface area (Å²) in [5, 5.41) is 0. The number of aromatic nitrogens is 2. The third kappa shape index (κ3) is 3.27. The first-order chi connectivity index (χ1) is 13.5. The van der Waals surface area contributed by atoms with Crippen molar-refractivity contribution in [3.8, 4) is 0 Å². The molecule has 2 aromatic heterocycles. The Kier molecular flexibility index (Phi) is 4.65. The molecule has 0 fully saturated rings. The second-order valence-electron chi connectivity index (χ2n) is 6.79. The van der Waals surface area contributed by atoms with E-state index in [9.17, 15) is 8.42 Å². The van der Waals surface area contributed by atoms with Crippen LogP contribution in [0.1, 0.15) is 16.8 Å². The van der Waals surface area contributed by atoms with Gasteiger partial charge >= 0.3 is 0 Å². The van der Waals surface area contributed by atoms with Gasteiger partial charge in [0.15, 0.2) is 0 Å². The first-order valence-electron chi connectivity index (χ1n) is 9.03. The lowest BCUT2D eigenvalue weighted by atomic mass is 10.2. The van der Waals surface area contributed by atoms with E-state index in [1.165, 1.54) is 4.31 Å². The summed E-state index contributed by atoms with van der Waals surface area (Å²) >= 11 is 0. The van der Waals surface area contributed by atoms with Crippen molar-refractivity contribution in [1.82, 2.24) is 9.38 Å². The van der Waals surface area contributed by atoms with Gasteiger partial charge in [-0.15, -0.1) is 0 Å². The topological polar surface area (TPSA) is 54.7 Å². The van der Waals surface area contributed by atoms with Crippen LogP contribution in [-0.2, 0) is 16.6 Å². The number of pyridine rings is 1. The van der Waals surface area contributed by atoms with Crippen LogP contribution in [0.3, 0.4) is 0 Å². The minimum absolute atomic E-state index is 0.185. The summed E-state index contributed by atoms with van der Waals surface area (Å²) in [6, 6.07) is 20.3. The van der Waals surface area contributed by atoms with E-state index in [1.807, 2.05) is 85.1 Å². The van der Waals surface area contributed by atoms with Crippen LogP contribution in [-0.4, -0.2) is 17.8 Å². The molecule has 0 amide bonds. The summed E-state index contributed by atoms with van der Waals surface area (Å²) in [7, 11) is -3.75. The van der Waals surface area contributed by atoms with E-state index in [0.717, 1.165) is 22.5 Å². The number of para-hydroxylation sites is 1. The van der Waals surface area contributed by atoms with Gasteiger partial charge in [-0.05, 0) is 49.7 Å². The molecule has 2 heterocycles. The van der Waals surface area contributed by atoms with Crippen molar-refractivity contribution in [3.63, 3.8) is 0 Å². The van der Waals surface area contributed by atoms with E-state index >= 15 is 0 Å². The molecule has 142 valence electrons. The van der Waals surface area contributed by atoms with Gasteiger partial charge in [-0.3, -0.25) is 4.31 Å². The number of hydrogen-bond acceptors (Lipinski definition) is 3. The van der Waals surface area contributed by atoms with E-state index in [4.69, 9.17) is 0 Å². The zero-order valence-electron chi connectivity index (χ0n) is 15.8. The van der Waals surface area contributed by atoms with Crippen LogP contribution in [0.4, 0.5) is 5.69 Å². The molecule has 0 aliphatic carbocycles. The highest BCUT2D eigenvalue weighted by Gasteiger charge is 2.27. The fraction of sp³-hybridized carbons (Fsp3) is 0.136. The molecular weight excluding hydrogens is 370 g/mol. The fourth-order valence-corrected chi connectivity index (χ4v) is 5.01. The summed E-state index contributed by atoms with van der Waals surface area (Å²) in [5.74, 6) is 0. The zero-order valence-corrected chi connectivity index (χ0v) is 16.6. The highest BCUT2D eigenvalue weighted by atomic mass is 32.2. The molecule has 0 aliphatic heterocycles. The van der Waals surface area contributed by atoms with E-state index in [1.54, 1.807) is 12.3 Å². The minimum atomic E-state index is -3.75. The summed E-state index contributed by atoms with van der Waals surface area (Å²) in [6.45, 7) is 3.97. The SMILES string of the molecule is Cc1ccc(S(=O)(=O)N(Cc2cnc3ccccn23)c2ccccc2)c(C)c1. The molecule has 0 saturated carbocycles. The van der Waals surface area contributed by atoms with Gasteiger partial charge in [0.1, 0.15) is 5.65 Å². The monoisotopic (exact) mass is 391 g/mol. The molecular formula is C22H21N3O2S. The highest BCUT2D eigenvalue weighted by Crippen LogP contribution is 2.28. The normalized spacial score (nSPS) is 11.6. The number of nitrogens with zero attached hydrogens (tertiary/aromatic N) is 3. The van der Waals surface area contributed by atoms with Crippen LogP contribution in [0.15, 0.2) is 84.0 Å². The number of benzene rings is 2. The van der Waals surface area contributed by atoms with Crippen LogP contribution in [0, 0.1) is 13.8 Å². The Labute approximate surface area is 164 Å². The van der Waals surface area contributed by atoms with Gasteiger partial charge in [0.2, 0.25) is 0 Å². The van der Waals surface area contributed by atoms with Gasteiger partial charge in [0.05, 0.1) is 29.0 Å². The number of hydrogen-bond donors (Lipinski definition) is 0. The van der Waals surface area contributed by atoms with Gasteiger partial charge in [0, 0.05) is 6.20 Å². The smallest absolute Gasteiger partial charge is 0.264 e. The molecule has 0 bridgehead atoms. The molecule has 5 nitrogen and oxygen atoms in total. The number of fused-ring (bicyclic) bond motifs is 1. The van der Waals surface area contributed by atoms with E-state index in [-0.39, 0.29) is 6.54 Å². The van der Waals surface area contributed by atoms with Crippen molar-refractivity contribution < 1.29 is 8.42 Å². The second kappa shape index (κ2) is 7.13. The zero-order chi connectivity index (χ0) is 19.7. The van der Waals surface area contributed by atoms with Gasteiger partial charge in [-0.1, -0.05) is 42.0 Å². The summed E-state index contributed by atoms with van der Waals surface area (Å²) < 4.78 is 30.6. The average Bonchev–Trinajstić information content (AvgIpc) is 3.09. The standard InChI is InChI=1S/C22H21N3O2S/c1-17-11-12-21(18(2)14-17)28(26,27)25(19-8-4-3-5-9-19)16-20-15-23-22-10-6-7-13-24(20)22/h3-15H,16H2,1-2H3. The maximum absolute atomic E-state index is 13.6. The van der Waals surface area contributed by atoms with Gasteiger partial charge in [-0.2, -0.15) is 0 Å². The number of aryl methyl sites for hydroxylation is 2. The quantitative estimate of drug-likeness (QED) is 0.508. The van der Waals surface area contributed by atoms with Crippen LogP contribution in [0.25, 0.3) is 5.65 Å². The Bertz CT molecular complexity index is 1230. The molecule has 2 aromatic carbocycles. The molecule has 0 spiro atoms. The number of imidazole rings is 1. The minimum Gasteiger partial charge on any atom is -0.302 e. The Morgan fingerprint density at radius 3 is 2.46 bits per heavy atom. The molecule has 0 N–H and O–H groups in total. The Balaban J connectivity index is 1.84. The van der Waals surface area contributed by atoms with Gasteiger partial charge < -0.3 is 4.40 Å². The highest BCUT2D eigenvalue weighted by molar-refractivity contribution is 7.92. The number of sulfonamides is 1. The van der Waals surface area contributed by atoms with E-state index in [0.29, 0.717) is 10.6 Å². The first kappa shape index (κ1) is 18.3. The molecule has 0 aliphatic rings. The third-order valence-corrected chi connectivity index (χ3v) is 6.68. The van der Waals surface area contributed by atoms with E-state index < -0.39 is 10.0 Å². The molecule has 4 aromatic rings. The van der Waals surface area contributed by atoms with Crippen LogP contribution < -0.4 is 4.31 Å². The fourth-order valence-electron chi connectivity index (χ4n) is 3.37. The van der Waals surface area contributed by atoms with Crippen molar-refractivity contribution in [2.75, 3.05) is 4.31 Å². The lowest BCUT2D eigenvalue weighted by Gasteiger charge is -2.25. The van der Waals surface area contributed by atoms with Crippen molar-refractivity contribution in [1.29, 1.82) is 0 Å². The summed E-state index contributed by atoms with van der Waals surface area (Å²) in [5.41, 5.74) is 3.97. The van der Waals surface area contributed by atoms with Gasteiger partial charge in [0.25, 0.3) is 10.0 Å². The molecule has 6 heteroatoms. The Morgan fingerprint density at radius 2 is 1.71 bits per heavy atom. The molecule has 4 rings (SSSR count). The predicted molar refractivity (Wildman–Crippen MR) is 111 cm³/mol. The Hall–Kier alpha value is -3.12. The number of rotatable bonds is 5. The van der Waals surface area contributed by atoms with Crippen molar-refractivity contribution in [2.24, 2.45) is 0 Å². The van der Waals surface area contributed by atoms with Crippen molar-refractivity contribution in [2.45, 2.75) is 25.3 Å². The molecule has 0 unspecified atom stereocenters. The number of anilines is 1. The van der Waals surface area contributed by atoms with E-state index in [2.05, 4.69) is 4.98 Å². The van der Waals surface area contributed by atoms with Crippen molar-refractivity contribution >= 4 is 21.4 Å². The van der Waals surface area contributed by atoms with Crippen LogP contribution >= 0.6 is 0 Å². The summed E-state index contributed by atoms with van der Waals surface area (Å²) in [4.78, 5) is 4.71. The van der Waals surface area contributed by atoms with Crippen LogP contribution in [0.2, 0.25) is 0 Å². The first-order valence-corrected chi connectivity index (χ1v) is 10.5. The lowest BCUT2D eigenvalue weighted by molar-refractivity contribution is 0.589. The maximum atomic E-state index is 13.6. The molecule has 0 saturated heterocycles. The second-order valence-corrected chi connectivity index (χ2v) is 8.63. The molecule has 28 heavy (non-hydrogen) atoms. The average molecular weight is 391 g/mol. The third-order valence-electron chi connectivity index (χ3n) is 4.74. The van der Waals surface area contributed by atoms with Gasteiger partial charge in [-0.25, -0.2) is 13.4 Å². The van der Waals surface area contributed by atoms with Crippen LogP contribution in [0.5, 0.6) is 0 Å².